The van der Waals surface area contributed by atoms with Gasteiger partial charge in [0.2, 0.25) is 5.91 Å². The number of rotatable bonds is 11. The standard InChI is InChI=1S/C37H28BrN5O4S2/c1-23-30(21-39)37(49-33(23)36(47)40-27-11-6-3-7-12-27)43-32(44)22-48-29-14-8-13-28(20-29)41-35(46)31(19-24-15-17-26(38)18-16-24)42-34(45)25-9-4-2-5-10-25/h2-20H,22H2,1H3,(H,40,47)(H,41,46)(H,42,45)(H,43,44)/b31-19+. The highest BCUT2D eigenvalue weighted by Crippen LogP contribution is 2.33. The van der Waals surface area contributed by atoms with Gasteiger partial charge in [0, 0.05) is 26.3 Å². The summed E-state index contributed by atoms with van der Waals surface area (Å²) in [4.78, 5) is 53.3. The number of hydrogen-bond donors (Lipinski definition) is 4. The van der Waals surface area contributed by atoms with E-state index in [9.17, 15) is 24.4 Å². The second-order valence-corrected chi connectivity index (χ2v) is 13.4. The molecule has 5 rings (SSSR count). The maximum absolute atomic E-state index is 13.4. The Morgan fingerprint density at radius 2 is 1.49 bits per heavy atom. The predicted octanol–water partition coefficient (Wildman–Crippen LogP) is 8.08. The van der Waals surface area contributed by atoms with Gasteiger partial charge in [0.15, 0.2) is 0 Å². The maximum atomic E-state index is 13.4. The number of benzene rings is 4. The molecule has 4 aromatic carbocycles. The highest BCUT2D eigenvalue weighted by molar-refractivity contribution is 9.10. The summed E-state index contributed by atoms with van der Waals surface area (Å²) in [5.74, 6) is -1.69. The van der Waals surface area contributed by atoms with E-state index in [0.29, 0.717) is 42.8 Å². The number of anilines is 3. The van der Waals surface area contributed by atoms with Gasteiger partial charge in [-0.05, 0) is 78.7 Å². The largest absolute Gasteiger partial charge is 0.321 e. The molecule has 1 aromatic heterocycles. The lowest BCUT2D eigenvalue weighted by Crippen LogP contribution is -2.30. The van der Waals surface area contributed by atoms with Crippen molar-refractivity contribution in [3.8, 4) is 6.07 Å². The fourth-order valence-electron chi connectivity index (χ4n) is 4.50. The SMILES string of the molecule is Cc1c(C(=O)Nc2ccccc2)sc(NC(=O)CSc2cccc(NC(=O)/C(=C\c3ccc(Br)cc3)NC(=O)c3ccccc3)c2)c1C#N. The van der Waals surface area contributed by atoms with Crippen LogP contribution in [-0.4, -0.2) is 29.4 Å². The molecule has 5 aromatic rings. The lowest BCUT2D eigenvalue weighted by atomic mass is 10.1. The van der Waals surface area contributed by atoms with E-state index in [0.717, 1.165) is 15.8 Å². The van der Waals surface area contributed by atoms with E-state index in [-0.39, 0.29) is 28.8 Å². The average molecular weight is 751 g/mol. The van der Waals surface area contributed by atoms with Crippen molar-refractivity contribution in [3.63, 3.8) is 0 Å². The van der Waals surface area contributed by atoms with Crippen molar-refractivity contribution in [2.75, 3.05) is 21.7 Å². The first-order chi connectivity index (χ1) is 23.7. The number of para-hydroxylation sites is 1. The number of thioether (sulfide) groups is 1. The van der Waals surface area contributed by atoms with Crippen molar-refractivity contribution >= 4 is 85.1 Å². The Morgan fingerprint density at radius 1 is 0.816 bits per heavy atom. The molecule has 0 saturated carbocycles. The Balaban J connectivity index is 1.24. The van der Waals surface area contributed by atoms with Crippen molar-refractivity contribution in [2.45, 2.75) is 11.8 Å². The van der Waals surface area contributed by atoms with Gasteiger partial charge in [0.05, 0.1) is 16.2 Å². The van der Waals surface area contributed by atoms with Crippen molar-refractivity contribution in [2.24, 2.45) is 0 Å². The third-order valence-corrected chi connectivity index (χ3v) is 9.65. The zero-order valence-electron chi connectivity index (χ0n) is 26.0. The summed E-state index contributed by atoms with van der Waals surface area (Å²) in [6, 6.07) is 33.9. The van der Waals surface area contributed by atoms with Crippen LogP contribution in [0.2, 0.25) is 0 Å². The third kappa shape index (κ3) is 9.55. The molecule has 244 valence electrons. The van der Waals surface area contributed by atoms with Gasteiger partial charge < -0.3 is 21.3 Å². The number of nitrogens with one attached hydrogen (secondary N) is 4. The van der Waals surface area contributed by atoms with Crippen LogP contribution in [0.1, 0.15) is 36.7 Å². The van der Waals surface area contributed by atoms with Crippen molar-refractivity contribution in [3.05, 3.63) is 146 Å². The van der Waals surface area contributed by atoms with E-state index >= 15 is 0 Å². The van der Waals surface area contributed by atoms with Crippen LogP contribution in [0.5, 0.6) is 0 Å². The molecule has 0 fully saturated rings. The van der Waals surface area contributed by atoms with Gasteiger partial charge in [0.25, 0.3) is 17.7 Å². The summed E-state index contributed by atoms with van der Waals surface area (Å²) in [5.41, 5.74) is 2.96. The zero-order chi connectivity index (χ0) is 34.8. The molecular weight excluding hydrogens is 722 g/mol. The number of amides is 4. The van der Waals surface area contributed by atoms with Gasteiger partial charge in [-0.25, -0.2) is 0 Å². The molecule has 0 bridgehead atoms. The van der Waals surface area contributed by atoms with E-state index in [1.54, 1.807) is 91.9 Å². The van der Waals surface area contributed by atoms with Gasteiger partial charge in [-0.15, -0.1) is 23.1 Å². The Morgan fingerprint density at radius 3 is 2.18 bits per heavy atom. The van der Waals surface area contributed by atoms with E-state index < -0.39 is 11.8 Å². The molecule has 4 amide bonds. The quantitative estimate of drug-likeness (QED) is 0.0795. The molecule has 0 aliphatic rings. The minimum absolute atomic E-state index is 0.00656. The Hall–Kier alpha value is -5.48. The first-order valence-corrected chi connectivity index (χ1v) is 17.4. The van der Waals surface area contributed by atoms with Gasteiger partial charge in [-0.1, -0.05) is 70.5 Å². The van der Waals surface area contributed by atoms with E-state index in [1.807, 2.05) is 30.3 Å². The summed E-state index contributed by atoms with van der Waals surface area (Å²) in [5, 5.41) is 21.2. The average Bonchev–Trinajstić information content (AvgIpc) is 3.43. The number of hydrogen-bond acceptors (Lipinski definition) is 7. The van der Waals surface area contributed by atoms with Gasteiger partial charge in [0.1, 0.15) is 16.8 Å². The monoisotopic (exact) mass is 749 g/mol. The molecule has 0 atom stereocenters. The van der Waals surface area contributed by atoms with E-state index in [2.05, 4.69) is 43.3 Å². The Bertz CT molecular complexity index is 2080. The Kier molecular flexibility index (Phi) is 11.8. The second kappa shape index (κ2) is 16.6. The number of halogens is 1. The fraction of sp³-hybridized carbons (Fsp3) is 0.0541. The first kappa shape index (κ1) is 34.8. The normalized spacial score (nSPS) is 10.8. The smallest absolute Gasteiger partial charge is 0.272 e. The molecule has 49 heavy (non-hydrogen) atoms. The predicted molar refractivity (Wildman–Crippen MR) is 199 cm³/mol. The molecule has 4 N–H and O–H groups in total. The Labute approximate surface area is 299 Å². The van der Waals surface area contributed by atoms with Crippen LogP contribution in [-0.2, 0) is 9.59 Å². The molecule has 0 radical (unpaired) electrons. The number of carbonyl (C=O) groups excluding carboxylic acids is 4. The van der Waals surface area contributed by atoms with E-state index in [4.69, 9.17) is 0 Å². The van der Waals surface area contributed by atoms with Crippen LogP contribution in [0.15, 0.2) is 124 Å². The van der Waals surface area contributed by atoms with E-state index in [1.165, 1.54) is 11.8 Å². The summed E-state index contributed by atoms with van der Waals surface area (Å²) in [6.45, 7) is 1.67. The molecule has 9 nitrogen and oxygen atoms in total. The molecule has 12 heteroatoms. The van der Waals surface area contributed by atoms with Crippen LogP contribution >= 0.6 is 39.0 Å². The van der Waals surface area contributed by atoms with Crippen molar-refractivity contribution < 1.29 is 19.2 Å². The number of nitrogens with zero attached hydrogens (tertiary/aromatic N) is 1. The minimum Gasteiger partial charge on any atom is -0.321 e. The van der Waals surface area contributed by atoms with Crippen molar-refractivity contribution in [1.29, 1.82) is 5.26 Å². The molecule has 0 aliphatic carbocycles. The van der Waals surface area contributed by atoms with Gasteiger partial charge in [-0.2, -0.15) is 5.26 Å². The molecule has 0 saturated heterocycles. The first-order valence-electron chi connectivity index (χ1n) is 14.8. The van der Waals surface area contributed by atoms with Crippen LogP contribution in [0.25, 0.3) is 6.08 Å². The van der Waals surface area contributed by atoms with Crippen molar-refractivity contribution in [1.82, 2.24) is 5.32 Å². The number of nitriles is 1. The summed E-state index contributed by atoms with van der Waals surface area (Å²) >= 11 is 5.68. The summed E-state index contributed by atoms with van der Waals surface area (Å²) < 4.78 is 0.874. The maximum Gasteiger partial charge on any atom is 0.272 e. The van der Waals surface area contributed by atoms with Crippen LogP contribution in [0, 0.1) is 18.3 Å². The number of carbonyl (C=O) groups is 4. The highest BCUT2D eigenvalue weighted by atomic mass is 79.9. The minimum atomic E-state index is -0.531. The van der Waals surface area contributed by atoms with Crippen LogP contribution < -0.4 is 21.3 Å². The summed E-state index contributed by atoms with van der Waals surface area (Å²) in [6.07, 6.45) is 1.59. The van der Waals surface area contributed by atoms with Gasteiger partial charge >= 0.3 is 0 Å². The topological polar surface area (TPSA) is 140 Å². The lowest BCUT2D eigenvalue weighted by molar-refractivity contribution is -0.114. The molecule has 0 spiro atoms. The summed E-state index contributed by atoms with van der Waals surface area (Å²) in [7, 11) is 0. The lowest BCUT2D eigenvalue weighted by Gasteiger charge is -2.12. The molecule has 0 unspecified atom stereocenters. The highest BCUT2D eigenvalue weighted by Gasteiger charge is 2.22. The molecular formula is C37H28BrN5O4S2. The third-order valence-electron chi connectivity index (χ3n) is 6.92. The number of thiophene rings is 1. The second-order valence-electron chi connectivity index (χ2n) is 10.4. The molecule has 1 heterocycles. The van der Waals surface area contributed by atoms with Crippen LogP contribution in [0.4, 0.5) is 16.4 Å². The zero-order valence-corrected chi connectivity index (χ0v) is 29.2. The van der Waals surface area contributed by atoms with Gasteiger partial charge in [-0.3, -0.25) is 19.2 Å². The molecule has 0 aliphatic heterocycles. The fourth-order valence-corrected chi connectivity index (χ4v) is 6.59. The van der Waals surface area contributed by atoms with Crippen LogP contribution in [0.3, 0.4) is 0 Å².